The molecule has 17 nitrogen and oxygen atoms in total. The van der Waals surface area contributed by atoms with Crippen LogP contribution >= 0.6 is 11.3 Å². The molecule has 6 N–H and O–H groups in total. The Labute approximate surface area is 446 Å². The minimum atomic E-state index is -3.58. The predicted molar refractivity (Wildman–Crippen MR) is 302 cm³/mol. The SMILES string of the molecule is C#C.C=O.CCCCC/C=C\C(C)C(CC)NC.CCCCCNC(=O)CNC(=O)NC(CN1Cc2ccccc2S1(=O)=O)C(C)(C)C.COc1ccc2c(OC)cc(-c3csc(NC(C)C)n3)nc2c1.O=CO. The Morgan fingerprint density at radius 2 is 1.58 bits per heavy atom. The number of pyridine rings is 1. The van der Waals surface area contributed by atoms with E-state index in [-0.39, 0.29) is 37.4 Å². The summed E-state index contributed by atoms with van der Waals surface area (Å²) in [5.41, 5.74) is 2.82. The number of ether oxygens (including phenoxy) is 2. The van der Waals surface area contributed by atoms with Crippen molar-refractivity contribution >= 4 is 62.6 Å². The summed E-state index contributed by atoms with van der Waals surface area (Å²) in [5, 5.41) is 25.6. The smallest absolute Gasteiger partial charge is 0.315 e. The molecule has 0 spiro atoms. The second-order valence-corrected chi connectivity index (χ2v) is 21.1. The van der Waals surface area contributed by atoms with Gasteiger partial charge in [0, 0.05) is 60.7 Å². The third kappa shape index (κ3) is 24.3. The zero-order valence-corrected chi connectivity index (χ0v) is 47.6. The van der Waals surface area contributed by atoms with Crippen molar-refractivity contribution in [3.05, 3.63) is 71.6 Å². The number of nitrogens with zero attached hydrogens (tertiary/aromatic N) is 3. The lowest BCUT2D eigenvalue weighted by Crippen LogP contribution is -2.54. The number of anilines is 1. The molecule has 0 aliphatic carbocycles. The number of benzene rings is 2. The van der Waals surface area contributed by atoms with E-state index in [0.29, 0.717) is 29.4 Å². The minimum Gasteiger partial charge on any atom is -0.497 e. The maximum absolute atomic E-state index is 12.8. The second kappa shape index (κ2) is 37.6. The van der Waals surface area contributed by atoms with E-state index in [2.05, 4.69) is 105 Å². The predicted octanol–water partition coefficient (Wildman–Crippen LogP) is 9.93. The van der Waals surface area contributed by atoms with Gasteiger partial charge in [-0.05, 0) is 81.7 Å². The van der Waals surface area contributed by atoms with Gasteiger partial charge in [0.05, 0.1) is 36.9 Å². The van der Waals surface area contributed by atoms with Crippen LogP contribution in [-0.4, -0.2) is 112 Å². The highest BCUT2D eigenvalue weighted by molar-refractivity contribution is 7.89. The number of unbranched alkanes of at least 4 members (excludes halogenated alkanes) is 5. The third-order valence-electron chi connectivity index (χ3n) is 11.4. The Morgan fingerprint density at radius 3 is 2.15 bits per heavy atom. The van der Waals surface area contributed by atoms with Gasteiger partial charge >= 0.3 is 6.03 Å². The number of carbonyl (C=O) groups is 4. The highest BCUT2D eigenvalue weighted by Gasteiger charge is 2.38. The number of hydrogen-bond donors (Lipinski definition) is 6. The average Bonchev–Trinajstić information content (AvgIpc) is 3.95. The van der Waals surface area contributed by atoms with Crippen molar-refractivity contribution in [3.63, 3.8) is 0 Å². The molecule has 19 heteroatoms. The molecule has 412 valence electrons. The normalized spacial score (nSPS) is 13.4. The molecular formula is C55H86N8O9S2. The molecule has 0 radical (unpaired) electrons. The topological polar surface area (TPSA) is 230 Å². The first-order chi connectivity index (χ1) is 35.3. The van der Waals surface area contributed by atoms with Crippen molar-refractivity contribution in [1.29, 1.82) is 0 Å². The number of sulfonamides is 1. The first kappa shape index (κ1) is 67.9. The molecule has 0 saturated heterocycles. The van der Waals surface area contributed by atoms with Gasteiger partial charge in [-0.15, -0.1) is 24.2 Å². The van der Waals surface area contributed by atoms with E-state index >= 15 is 0 Å². The number of aromatic nitrogens is 2. The summed E-state index contributed by atoms with van der Waals surface area (Å²) in [6, 6.07) is 14.7. The van der Waals surface area contributed by atoms with Crippen molar-refractivity contribution in [1.82, 2.24) is 35.5 Å². The number of urea groups is 1. The molecule has 1 aliphatic heterocycles. The van der Waals surface area contributed by atoms with Crippen molar-refractivity contribution in [2.24, 2.45) is 11.3 Å². The number of terminal acetylenes is 1. The zero-order valence-electron chi connectivity index (χ0n) is 46.0. The van der Waals surface area contributed by atoms with Crippen LogP contribution in [0.3, 0.4) is 0 Å². The number of carbonyl (C=O) groups excluding carboxylic acids is 3. The van der Waals surface area contributed by atoms with Gasteiger partial charge in [-0.2, -0.15) is 4.31 Å². The molecule has 0 saturated carbocycles. The van der Waals surface area contributed by atoms with Crippen LogP contribution in [0, 0.1) is 24.2 Å². The van der Waals surface area contributed by atoms with Crippen molar-refractivity contribution < 1.29 is 42.2 Å². The number of fused-ring (bicyclic) bond motifs is 2. The van der Waals surface area contributed by atoms with Crippen LogP contribution < -0.4 is 36.1 Å². The molecule has 3 unspecified atom stereocenters. The van der Waals surface area contributed by atoms with Crippen LogP contribution in [0.2, 0.25) is 0 Å². The van der Waals surface area contributed by atoms with Gasteiger partial charge in [0.1, 0.15) is 24.0 Å². The lowest BCUT2D eigenvalue weighted by Gasteiger charge is -2.34. The fraction of sp³-hybridized carbons (Fsp3) is 0.527. The number of allylic oxidation sites excluding steroid dienone is 1. The average molecular weight is 1070 g/mol. The number of hydrogen-bond acceptors (Lipinski definition) is 13. The summed E-state index contributed by atoms with van der Waals surface area (Å²) in [4.78, 5) is 50.2. The standard InChI is InChI=1S/C21H34N4O4S.C17H19N3O2S.C13H27N.C2H2.CH2O2.CH2O/c1-5-6-9-12-22-19(26)13-23-20(27)24-18(21(2,3)4)15-25-14-16-10-7-8-11-17(16)30(25,28)29;1-10(2)18-17-20-15(9-23-17)14-8-16(22-4)12-6-5-11(21-3)7-13(12)19-14;1-5-7-8-9-10-11-12(3)13(6-2)14-4;1-2;2-1-3;1-2/h7-8,10-11,18H,5-6,9,12-15H2,1-4H3,(H,22,26)(H2,23,24,27);5-10H,1-4H3,(H,18,20);10-14H,5-9H2,1-4H3;1-2H;1H,(H,2,3);1H2/b;;11-10-;;;. The summed E-state index contributed by atoms with van der Waals surface area (Å²) < 4.78 is 37.9. The number of rotatable bonds is 22. The Kier molecular flexibility index (Phi) is 34.5. The largest absolute Gasteiger partial charge is 0.497 e. The van der Waals surface area contributed by atoms with Gasteiger partial charge < -0.3 is 46.0 Å². The van der Waals surface area contributed by atoms with Gasteiger partial charge in [0.15, 0.2) is 5.13 Å². The quantitative estimate of drug-likeness (QED) is 0.0187. The van der Waals surface area contributed by atoms with Crippen LogP contribution in [0.1, 0.15) is 119 Å². The number of carboxylic acid groups (broad SMARTS) is 1. The summed E-state index contributed by atoms with van der Waals surface area (Å²) in [6.45, 7) is 21.5. The molecule has 1 aliphatic rings. The van der Waals surface area contributed by atoms with Crippen molar-refractivity contribution in [2.45, 2.75) is 143 Å². The van der Waals surface area contributed by atoms with Crippen LogP contribution in [0.5, 0.6) is 11.5 Å². The highest BCUT2D eigenvalue weighted by atomic mass is 32.2. The lowest BCUT2D eigenvalue weighted by atomic mass is 9.86. The van der Waals surface area contributed by atoms with Gasteiger partial charge in [0.2, 0.25) is 15.9 Å². The fourth-order valence-electron chi connectivity index (χ4n) is 7.34. The molecule has 2 aromatic carbocycles. The van der Waals surface area contributed by atoms with Gasteiger partial charge in [-0.1, -0.05) is 105 Å². The van der Waals surface area contributed by atoms with Crippen LogP contribution in [-0.2, 0) is 31.0 Å². The second-order valence-electron chi connectivity index (χ2n) is 18.3. The van der Waals surface area contributed by atoms with E-state index in [4.69, 9.17) is 29.2 Å². The molecular weight excluding hydrogens is 981 g/mol. The molecule has 4 aromatic rings. The van der Waals surface area contributed by atoms with Gasteiger partial charge in [0.25, 0.3) is 6.47 Å². The van der Waals surface area contributed by atoms with Crippen molar-refractivity contribution in [2.75, 3.05) is 46.2 Å². The molecule has 5 rings (SSSR count). The Bertz CT molecular complexity index is 2380. The molecule has 3 atom stereocenters. The first-order valence-corrected chi connectivity index (χ1v) is 27.3. The Balaban J connectivity index is 0.00000107. The highest BCUT2D eigenvalue weighted by Crippen LogP contribution is 2.34. The van der Waals surface area contributed by atoms with E-state index < -0.39 is 22.1 Å². The molecule has 0 bridgehead atoms. The van der Waals surface area contributed by atoms with Gasteiger partial charge in [-0.25, -0.2) is 23.2 Å². The summed E-state index contributed by atoms with van der Waals surface area (Å²) in [5.74, 6) is 1.96. The maximum atomic E-state index is 12.8. The van der Waals surface area contributed by atoms with E-state index in [1.165, 1.54) is 36.4 Å². The molecule has 3 amide bonds. The summed E-state index contributed by atoms with van der Waals surface area (Å²) in [7, 11) is 1.78. The fourth-order valence-corrected chi connectivity index (χ4v) is 9.84. The molecule has 0 fully saturated rings. The summed E-state index contributed by atoms with van der Waals surface area (Å²) >= 11 is 1.57. The summed E-state index contributed by atoms with van der Waals surface area (Å²) in [6.07, 6.45) is 22.2. The van der Waals surface area contributed by atoms with Crippen LogP contribution in [0.15, 0.2) is 71.0 Å². The molecule has 2 aromatic heterocycles. The molecule has 74 heavy (non-hydrogen) atoms. The van der Waals surface area contributed by atoms with E-state index in [1.54, 1.807) is 43.8 Å². The third-order valence-corrected chi connectivity index (χ3v) is 14.1. The minimum absolute atomic E-state index is 0.123. The van der Waals surface area contributed by atoms with Crippen molar-refractivity contribution in [3.8, 4) is 35.7 Å². The van der Waals surface area contributed by atoms with E-state index in [1.807, 2.05) is 63.3 Å². The Hall–Kier alpha value is -6.07. The van der Waals surface area contributed by atoms with E-state index in [9.17, 15) is 18.0 Å². The maximum Gasteiger partial charge on any atom is 0.315 e. The number of nitrogens with one attached hydrogen (secondary N) is 5. The Morgan fingerprint density at radius 1 is 0.932 bits per heavy atom. The van der Waals surface area contributed by atoms with Gasteiger partial charge in [-0.3, -0.25) is 9.59 Å². The van der Waals surface area contributed by atoms with E-state index in [0.717, 1.165) is 63.7 Å². The first-order valence-electron chi connectivity index (χ1n) is 25.0. The molecule has 3 heterocycles. The zero-order chi connectivity index (χ0) is 56.3. The monoisotopic (exact) mass is 1070 g/mol. The lowest BCUT2D eigenvalue weighted by molar-refractivity contribution is -0.123. The number of methoxy groups -OCH3 is 2. The number of amides is 3. The van der Waals surface area contributed by atoms with Crippen LogP contribution in [0.25, 0.3) is 22.3 Å². The van der Waals surface area contributed by atoms with Crippen LogP contribution in [0.4, 0.5) is 9.93 Å². The number of thiazole rings is 1.